The van der Waals surface area contributed by atoms with Crippen molar-refractivity contribution in [3.8, 4) is 11.3 Å². The van der Waals surface area contributed by atoms with E-state index in [0.29, 0.717) is 5.02 Å². The quantitative estimate of drug-likeness (QED) is 0.906. The molecular weight excluding hydrogens is 246 g/mol. The van der Waals surface area contributed by atoms with Gasteiger partial charge in [-0.15, -0.1) is 10.2 Å². The Morgan fingerprint density at radius 1 is 1.22 bits per heavy atom. The molecule has 3 nitrogen and oxygen atoms in total. The van der Waals surface area contributed by atoms with Gasteiger partial charge in [-0.25, -0.2) is 0 Å². The highest BCUT2D eigenvalue weighted by Crippen LogP contribution is 2.24. The van der Waals surface area contributed by atoms with E-state index in [2.05, 4.69) is 22.4 Å². The Bertz CT molecular complexity index is 540. The Balaban J connectivity index is 2.29. The lowest BCUT2D eigenvalue weighted by atomic mass is 10.1. The highest BCUT2D eigenvalue weighted by atomic mass is 35.5. The van der Waals surface area contributed by atoms with Gasteiger partial charge in [-0.2, -0.15) is 0 Å². The van der Waals surface area contributed by atoms with E-state index < -0.39 is 0 Å². The predicted octanol–water partition coefficient (Wildman–Crippen LogP) is 3.93. The number of nitrogens with one attached hydrogen (secondary N) is 1. The predicted molar refractivity (Wildman–Crippen MR) is 76.0 cm³/mol. The molecule has 0 saturated heterocycles. The van der Waals surface area contributed by atoms with Gasteiger partial charge in [0, 0.05) is 17.1 Å². The minimum Gasteiger partial charge on any atom is -0.369 e. The maximum atomic E-state index is 5.99. The van der Waals surface area contributed by atoms with Crippen LogP contribution < -0.4 is 5.32 Å². The van der Waals surface area contributed by atoms with E-state index in [0.717, 1.165) is 35.6 Å². The molecule has 1 aromatic heterocycles. The number of hydrogen-bond acceptors (Lipinski definition) is 3. The zero-order valence-corrected chi connectivity index (χ0v) is 11.3. The molecule has 0 spiro atoms. The summed E-state index contributed by atoms with van der Waals surface area (Å²) in [5.74, 6) is 0.820. The summed E-state index contributed by atoms with van der Waals surface area (Å²) in [6.07, 6.45) is 1.07. The Labute approximate surface area is 112 Å². The smallest absolute Gasteiger partial charge is 0.148 e. The third-order valence-electron chi connectivity index (χ3n) is 2.64. The molecule has 4 heteroatoms. The van der Waals surface area contributed by atoms with Gasteiger partial charge in [0.2, 0.25) is 0 Å². The highest BCUT2D eigenvalue weighted by Gasteiger charge is 2.06. The van der Waals surface area contributed by atoms with Crippen LogP contribution in [0.25, 0.3) is 11.3 Å². The first-order valence-electron chi connectivity index (χ1n) is 6.05. The minimum absolute atomic E-state index is 0.710. The van der Waals surface area contributed by atoms with Gasteiger partial charge in [0.15, 0.2) is 0 Å². The topological polar surface area (TPSA) is 37.8 Å². The second kappa shape index (κ2) is 5.83. The number of halogens is 1. The standard InChI is InChI=1S/C14H16ClN3/c1-3-7-16-13-8-10(2)14(18-17-13)11-5-4-6-12(15)9-11/h4-6,8-9H,3,7H2,1-2H3,(H,16,17). The zero-order chi connectivity index (χ0) is 13.0. The highest BCUT2D eigenvalue weighted by molar-refractivity contribution is 6.30. The monoisotopic (exact) mass is 261 g/mol. The van der Waals surface area contributed by atoms with Crippen molar-refractivity contribution < 1.29 is 0 Å². The number of rotatable bonds is 4. The fourth-order valence-electron chi connectivity index (χ4n) is 1.75. The van der Waals surface area contributed by atoms with Crippen LogP contribution in [-0.2, 0) is 0 Å². The third-order valence-corrected chi connectivity index (χ3v) is 2.87. The van der Waals surface area contributed by atoms with Gasteiger partial charge in [-0.1, -0.05) is 30.7 Å². The van der Waals surface area contributed by atoms with Crippen LogP contribution in [-0.4, -0.2) is 16.7 Å². The molecule has 0 fully saturated rings. The number of aromatic nitrogens is 2. The molecule has 0 aliphatic rings. The van der Waals surface area contributed by atoms with Gasteiger partial charge in [-0.3, -0.25) is 0 Å². The molecule has 1 aromatic carbocycles. The van der Waals surface area contributed by atoms with Gasteiger partial charge >= 0.3 is 0 Å². The van der Waals surface area contributed by atoms with Crippen molar-refractivity contribution in [2.75, 3.05) is 11.9 Å². The fourth-order valence-corrected chi connectivity index (χ4v) is 1.94. The van der Waals surface area contributed by atoms with E-state index in [1.165, 1.54) is 0 Å². The van der Waals surface area contributed by atoms with E-state index in [1.54, 1.807) is 0 Å². The minimum atomic E-state index is 0.710. The first-order chi connectivity index (χ1) is 8.70. The van der Waals surface area contributed by atoms with Crippen molar-refractivity contribution >= 4 is 17.4 Å². The van der Waals surface area contributed by atoms with Crippen molar-refractivity contribution in [1.82, 2.24) is 10.2 Å². The van der Waals surface area contributed by atoms with Crippen molar-refractivity contribution in [3.63, 3.8) is 0 Å². The molecular formula is C14H16ClN3. The van der Waals surface area contributed by atoms with Crippen LogP contribution in [0.3, 0.4) is 0 Å². The van der Waals surface area contributed by atoms with Crippen molar-refractivity contribution in [2.45, 2.75) is 20.3 Å². The van der Waals surface area contributed by atoms with Gasteiger partial charge in [0.25, 0.3) is 0 Å². The Morgan fingerprint density at radius 2 is 2.06 bits per heavy atom. The summed E-state index contributed by atoms with van der Waals surface area (Å²) in [6.45, 7) is 5.06. The molecule has 0 amide bonds. The van der Waals surface area contributed by atoms with Crippen LogP contribution in [0.2, 0.25) is 5.02 Å². The molecule has 0 aliphatic carbocycles. The summed E-state index contributed by atoms with van der Waals surface area (Å²) in [5.41, 5.74) is 2.96. The van der Waals surface area contributed by atoms with Crippen LogP contribution in [0.4, 0.5) is 5.82 Å². The first-order valence-corrected chi connectivity index (χ1v) is 6.42. The normalized spacial score (nSPS) is 10.4. The van der Waals surface area contributed by atoms with E-state index in [4.69, 9.17) is 11.6 Å². The molecule has 0 atom stereocenters. The van der Waals surface area contributed by atoms with E-state index >= 15 is 0 Å². The van der Waals surface area contributed by atoms with Crippen molar-refractivity contribution in [3.05, 3.63) is 40.9 Å². The van der Waals surface area contributed by atoms with Gasteiger partial charge in [0.05, 0.1) is 5.69 Å². The van der Waals surface area contributed by atoms with Crippen molar-refractivity contribution in [2.24, 2.45) is 0 Å². The molecule has 0 saturated carbocycles. The van der Waals surface area contributed by atoms with Crippen LogP contribution in [0.1, 0.15) is 18.9 Å². The number of hydrogen-bond donors (Lipinski definition) is 1. The Morgan fingerprint density at radius 3 is 2.72 bits per heavy atom. The molecule has 18 heavy (non-hydrogen) atoms. The van der Waals surface area contributed by atoms with Gasteiger partial charge < -0.3 is 5.32 Å². The third kappa shape index (κ3) is 2.99. The van der Waals surface area contributed by atoms with Crippen LogP contribution in [0.5, 0.6) is 0 Å². The second-order valence-corrected chi connectivity index (χ2v) is 4.63. The number of benzene rings is 1. The summed E-state index contributed by atoms with van der Waals surface area (Å²) in [5, 5.41) is 12.4. The average molecular weight is 262 g/mol. The summed E-state index contributed by atoms with van der Waals surface area (Å²) >= 11 is 5.99. The van der Waals surface area contributed by atoms with Gasteiger partial charge in [0.1, 0.15) is 5.82 Å². The molecule has 2 aromatic rings. The summed E-state index contributed by atoms with van der Waals surface area (Å²) in [4.78, 5) is 0. The van der Waals surface area contributed by atoms with Gasteiger partial charge in [-0.05, 0) is 37.1 Å². The maximum Gasteiger partial charge on any atom is 0.148 e. The Kier molecular flexibility index (Phi) is 4.15. The molecule has 1 N–H and O–H groups in total. The lowest BCUT2D eigenvalue weighted by Gasteiger charge is -2.08. The summed E-state index contributed by atoms with van der Waals surface area (Å²) in [6, 6.07) is 9.67. The number of anilines is 1. The van der Waals surface area contributed by atoms with E-state index in [9.17, 15) is 0 Å². The first kappa shape index (κ1) is 12.8. The molecule has 2 rings (SSSR count). The van der Waals surface area contributed by atoms with Crippen LogP contribution >= 0.6 is 11.6 Å². The number of nitrogens with zero attached hydrogens (tertiary/aromatic N) is 2. The lowest BCUT2D eigenvalue weighted by Crippen LogP contribution is -2.04. The molecule has 1 heterocycles. The molecule has 0 unspecified atom stereocenters. The second-order valence-electron chi connectivity index (χ2n) is 4.20. The molecule has 0 radical (unpaired) electrons. The number of aryl methyl sites for hydroxylation is 1. The van der Waals surface area contributed by atoms with Crippen molar-refractivity contribution in [1.29, 1.82) is 0 Å². The van der Waals surface area contributed by atoms with E-state index in [-0.39, 0.29) is 0 Å². The largest absolute Gasteiger partial charge is 0.369 e. The fraction of sp³-hybridized carbons (Fsp3) is 0.286. The lowest BCUT2D eigenvalue weighted by molar-refractivity contribution is 0.941. The van der Waals surface area contributed by atoms with Crippen LogP contribution in [0, 0.1) is 6.92 Å². The van der Waals surface area contributed by atoms with E-state index in [1.807, 2.05) is 37.3 Å². The zero-order valence-electron chi connectivity index (χ0n) is 10.6. The Hall–Kier alpha value is -1.61. The molecule has 94 valence electrons. The summed E-state index contributed by atoms with van der Waals surface area (Å²) < 4.78 is 0. The average Bonchev–Trinajstić information content (AvgIpc) is 2.36. The van der Waals surface area contributed by atoms with Crippen LogP contribution in [0.15, 0.2) is 30.3 Å². The molecule has 0 aliphatic heterocycles. The molecule has 0 bridgehead atoms. The maximum absolute atomic E-state index is 5.99. The SMILES string of the molecule is CCCNc1cc(C)c(-c2cccc(Cl)c2)nn1. The summed E-state index contributed by atoms with van der Waals surface area (Å²) in [7, 11) is 0.